The maximum absolute atomic E-state index is 11.6. The van der Waals surface area contributed by atoms with Crippen LogP contribution in [-0.4, -0.2) is 81.5 Å². The molecule has 138 valence electrons. The van der Waals surface area contributed by atoms with E-state index in [2.05, 4.69) is 22.0 Å². The van der Waals surface area contributed by atoms with Crippen LogP contribution < -0.4 is 5.32 Å². The van der Waals surface area contributed by atoms with Gasteiger partial charge in [-0.15, -0.1) is 0 Å². The summed E-state index contributed by atoms with van der Waals surface area (Å²) in [6, 6.07) is 0. The molecule has 0 aliphatic carbocycles. The number of aliphatic imine (C=N–C) groups is 1. The molecule has 0 aromatic rings. The van der Waals surface area contributed by atoms with Crippen LogP contribution in [0.4, 0.5) is 0 Å². The van der Waals surface area contributed by atoms with Gasteiger partial charge in [-0.3, -0.25) is 4.99 Å². The van der Waals surface area contributed by atoms with Gasteiger partial charge in [0, 0.05) is 32.7 Å². The van der Waals surface area contributed by atoms with Gasteiger partial charge in [-0.2, -0.15) is 0 Å². The van der Waals surface area contributed by atoms with Crippen molar-refractivity contribution in [3.63, 3.8) is 0 Å². The molecule has 0 saturated carbocycles. The first-order valence-corrected chi connectivity index (χ1v) is 11.3. The van der Waals surface area contributed by atoms with Crippen molar-refractivity contribution in [2.24, 2.45) is 16.8 Å². The first-order chi connectivity index (χ1) is 11.6. The summed E-state index contributed by atoms with van der Waals surface area (Å²) in [5.41, 5.74) is 0. The van der Waals surface area contributed by atoms with Crippen molar-refractivity contribution < 1.29 is 8.42 Å². The van der Waals surface area contributed by atoms with Crippen molar-refractivity contribution in [3.8, 4) is 0 Å². The third-order valence-corrected chi connectivity index (χ3v) is 7.30. The maximum atomic E-state index is 11.6. The number of nitrogens with one attached hydrogen (secondary N) is 1. The Hall–Kier alpha value is -0.820. The summed E-state index contributed by atoms with van der Waals surface area (Å²) in [6.07, 6.45) is 4.71. The Morgan fingerprint density at radius 1 is 1.17 bits per heavy atom. The molecule has 0 aromatic carbocycles. The number of nitrogens with zero attached hydrogens (tertiary/aromatic N) is 3. The highest BCUT2D eigenvalue weighted by atomic mass is 32.2. The molecule has 0 spiro atoms. The predicted molar refractivity (Wildman–Crippen MR) is 98.1 cm³/mol. The van der Waals surface area contributed by atoms with Crippen LogP contribution in [0.1, 0.15) is 32.6 Å². The van der Waals surface area contributed by atoms with Crippen LogP contribution >= 0.6 is 0 Å². The molecule has 1 N–H and O–H groups in total. The number of guanidine groups is 1. The second-order valence-electron chi connectivity index (χ2n) is 7.57. The lowest BCUT2D eigenvalue weighted by Gasteiger charge is -2.23. The molecule has 3 saturated heterocycles. The van der Waals surface area contributed by atoms with E-state index in [1.807, 2.05) is 0 Å². The van der Waals surface area contributed by atoms with Crippen molar-refractivity contribution >= 4 is 15.8 Å². The molecule has 7 heteroatoms. The molecule has 2 unspecified atom stereocenters. The third-order valence-electron chi connectivity index (χ3n) is 5.46. The summed E-state index contributed by atoms with van der Waals surface area (Å²) < 4.78 is 23.2. The molecule has 0 amide bonds. The summed E-state index contributed by atoms with van der Waals surface area (Å²) in [5, 5.41) is 3.40. The number of hydrogen-bond acceptors (Lipinski definition) is 4. The molecule has 0 bridgehead atoms. The molecule has 2 atom stereocenters. The average molecular weight is 357 g/mol. The van der Waals surface area contributed by atoms with E-state index >= 15 is 0 Å². The van der Waals surface area contributed by atoms with Crippen molar-refractivity contribution in [1.29, 1.82) is 0 Å². The zero-order valence-electron chi connectivity index (χ0n) is 14.9. The molecule has 3 rings (SSSR count). The second-order valence-corrected chi connectivity index (χ2v) is 9.80. The summed E-state index contributed by atoms with van der Waals surface area (Å²) in [5.74, 6) is 2.56. The van der Waals surface area contributed by atoms with Crippen LogP contribution in [0.5, 0.6) is 0 Å². The van der Waals surface area contributed by atoms with E-state index in [4.69, 9.17) is 4.99 Å². The highest BCUT2D eigenvalue weighted by molar-refractivity contribution is 7.91. The van der Waals surface area contributed by atoms with E-state index in [-0.39, 0.29) is 5.92 Å². The average Bonchev–Trinajstić information content (AvgIpc) is 3.26. The number of hydrogen-bond donors (Lipinski definition) is 1. The van der Waals surface area contributed by atoms with Crippen LogP contribution in [-0.2, 0) is 9.84 Å². The van der Waals surface area contributed by atoms with E-state index in [0.717, 1.165) is 37.9 Å². The van der Waals surface area contributed by atoms with Gasteiger partial charge in [0.15, 0.2) is 15.8 Å². The molecule has 0 radical (unpaired) electrons. The molecule has 3 fully saturated rings. The van der Waals surface area contributed by atoms with Crippen LogP contribution in [0.3, 0.4) is 0 Å². The predicted octanol–water partition coefficient (Wildman–Crippen LogP) is 0.804. The highest BCUT2D eigenvalue weighted by Crippen LogP contribution is 2.21. The standard InChI is InChI=1S/C17H32N4O2S/c1-2-18-17(19-11-15-6-10-24(22,23)14-15)21-9-5-16(13-21)12-20-7-3-4-8-20/h15-16H,2-14H2,1H3,(H,18,19). The monoisotopic (exact) mass is 356 g/mol. The van der Waals surface area contributed by atoms with E-state index in [1.54, 1.807) is 0 Å². The third kappa shape index (κ3) is 4.85. The number of sulfone groups is 1. The molecular weight excluding hydrogens is 324 g/mol. The molecule has 3 aliphatic heterocycles. The lowest BCUT2D eigenvalue weighted by Crippen LogP contribution is -2.41. The van der Waals surface area contributed by atoms with Crippen molar-refractivity contribution in [3.05, 3.63) is 0 Å². The zero-order chi connectivity index (χ0) is 17.0. The molecule has 6 nitrogen and oxygen atoms in total. The summed E-state index contributed by atoms with van der Waals surface area (Å²) in [4.78, 5) is 9.73. The lowest BCUT2D eigenvalue weighted by atomic mass is 10.1. The minimum absolute atomic E-state index is 0.201. The van der Waals surface area contributed by atoms with Gasteiger partial charge >= 0.3 is 0 Å². The Kier molecular flexibility index (Phi) is 6.02. The summed E-state index contributed by atoms with van der Waals surface area (Å²) in [6.45, 7) is 9.47. The maximum Gasteiger partial charge on any atom is 0.193 e. The summed E-state index contributed by atoms with van der Waals surface area (Å²) >= 11 is 0. The zero-order valence-corrected chi connectivity index (χ0v) is 15.7. The molecule has 3 heterocycles. The van der Waals surface area contributed by atoms with Crippen LogP contribution in [0, 0.1) is 11.8 Å². The molecule has 24 heavy (non-hydrogen) atoms. The SMILES string of the molecule is CCNC(=NCC1CCS(=O)(=O)C1)N1CCC(CN2CCCC2)C1. The van der Waals surface area contributed by atoms with Crippen LogP contribution in [0.2, 0.25) is 0 Å². The topological polar surface area (TPSA) is 65.0 Å². The van der Waals surface area contributed by atoms with E-state index in [1.165, 1.54) is 38.9 Å². The first kappa shape index (κ1) is 18.0. The van der Waals surface area contributed by atoms with Crippen LogP contribution in [0.25, 0.3) is 0 Å². The fraction of sp³-hybridized carbons (Fsp3) is 0.941. The van der Waals surface area contributed by atoms with Gasteiger partial charge < -0.3 is 15.1 Å². The number of rotatable bonds is 5. The Balaban J connectivity index is 1.52. The Bertz CT molecular complexity index is 543. The van der Waals surface area contributed by atoms with Gasteiger partial charge in [-0.25, -0.2) is 8.42 Å². The normalized spacial score (nSPS) is 31.0. The lowest BCUT2D eigenvalue weighted by molar-refractivity contribution is 0.281. The van der Waals surface area contributed by atoms with Gasteiger partial charge in [0.2, 0.25) is 0 Å². The Morgan fingerprint density at radius 2 is 1.96 bits per heavy atom. The summed E-state index contributed by atoms with van der Waals surface area (Å²) in [7, 11) is -2.81. The minimum atomic E-state index is -2.81. The first-order valence-electron chi connectivity index (χ1n) is 9.52. The highest BCUT2D eigenvalue weighted by Gasteiger charge is 2.29. The van der Waals surface area contributed by atoms with E-state index < -0.39 is 9.84 Å². The molecular formula is C17H32N4O2S. The smallest absolute Gasteiger partial charge is 0.193 e. The van der Waals surface area contributed by atoms with Crippen molar-refractivity contribution in [2.45, 2.75) is 32.6 Å². The Morgan fingerprint density at radius 3 is 2.62 bits per heavy atom. The van der Waals surface area contributed by atoms with Gasteiger partial charge in [-0.1, -0.05) is 0 Å². The minimum Gasteiger partial charge on any atom is -0.357 e. The van der Waals surface area contributed by atoms with Crippen molar-refractivity contribution in [1.82, 2.24) is 15.1 Å². The van der Waals surface area contributed by atoms with Crippen LogP contribution in [0.15, 0.2) is 4.99 Å². The second kappa shape index (κ2) is 8.04. The van der Waals surface area contributed by atoms with Gasteiger partial charge in [0.05, 0.1) is 11.5 Å². The van der Waals surface area contributed by atoms with Crippen molar-refractivity contribution in [2.75, 3.05) is 57.3 Å². The molecule has 0 aromatic heterocycles. The van der Waals surface area contributed by atoms with Gasteiger partial charge in [-0.05, 0) is 57.5 Å². The largest absolute Gasteiger partial charge is 0.357 e. The Labute approximate surface area is 146 Å². The van der Waals surface area contributed by atoms with E-state index in [9.17, 15) is 8.42 Å². The molecule has 3 aliphatic rings. The fourth-order valence-corrected chi connectivity index (χ4v) is 6.01. The van der Waals surface area contributed by atoms with Gasteiger partial charge in [0.1, 0.15) is 0 Å². The fourth-order valence-electron chi connectivity index (χ4n) is 4.16. The number of likely N-dealkylation sites (tertiary alicyclic amines) is 2. The van der Waals surface area contributed by atoms with E-state index in [0.29, 0.717) is 18.1 Å². The van der Waals surface area contributed by atoms with Gasteiger partial charge in [0.25, 0.3) is 0 Å². The quantitative estimate of drug-likeness (QED) is 0.583.